The Balaban J connectivity index is 1.39. The van der Waals surface area contributed by atoms with Gasteiger partial charge in [-0.1, -0.05) is 42.5 Å². The first-order valence-electron chi connectivity index (χ1n) is 11.7. The summed E-state index contributed by atoms with van der Waals surface area (Å²) in [6, 6.07) is 23.8. The van der Waals surface area contributed by atoms with Crippen molar-refractivity contribution < 1.29 is 14.3 Å². The number of fused-ring (bicyclic) bond motifs is 4. The number of aromatic amines is 1. The molecule has 176 valence electrons. The topological polar surface area (TPSA) is 65.6 Å². The molecule has 1 N–H and O–H groups in total. The number of benzene rings is 3. The highest BCUT2D eigenvalue weighted by molar-refractivity contribution is 7.98. The number of aromatic nitrogens is 1. The second-order valence-corrected chi connectivity index (χ2v) is 9.69. The molecule has 1 aromatic heterocycles. The predicted octanol–water partition coefficient (Wildman–Crippen LogP) is 4.79. The molecule has 0 bridgehead atoms. The van der Waals surface area contributed by atoms with Gasteiger partial charge in [-0.05, 0) is 54.1 Å². The van der Waals surface area contributed by atoms with E-state index >= 15 is 0 Å². The Morgan fingerprint density at radius 1 is 1.06 bits per heavy atom. The van der Waals surface area contributed by atoms with E-state index < -0.39 is 0 Å². The molecule has 0 saturated carbocycles. The summed E-state index contributed by atoms with van der Waals surface area (Å²) >= 11 is 1.69. The Kier molecular flexibility index (Phi) is 5.49. The third-order valence-corrected chi connectivity index (χ3v) is 7.63. The number of H-pyrrole nitrogens is 1. The molecule has 0 radical (unpaired) electrons. The largest absolute Gasteiger partial charge is 0.482 e. The number of carbonyl (C=O) groups excluding carboxylic acids is 2. The van der Waals surface area contributed by atoms with Crippen LogP contribution >= 0.6 is 11.8 Å². The third-order valence-electron chi connectivity index (χ3n) is 6.89. The highest BCUT2D eigenvalue weighted by Gasteiger charge is 2.36. The fourth-order valence-electron chi connectivity index (χ4n) is 5.20. The van der Waals surface area contributed by atoms with Crippen molar-refractivity contribution in [3.8, 4) is 5.75 Å². The van der Waals surface area contributed by atoms with Gasteiger partial charge in [0.05, 0.1) is 11.7 Å². The Morgan fingerprint density at radius 3 is 2.66 bits per heavy atom. The van der Waals surface area contributed by atoms with Gasteiger partial charge in [-0.3, -0.25) is 14.5 Å². The first kappa shape index (κ1) is 21.8. The van der Waals surface area contributed by atoms with Crippen molar-refractivity contribution in [3.05, 3.63) is 89.6 Å². The van der Waals surface area contributed by atoms with Crippen LogP contribution in [-0.2, 0) is 16.0 Å². The third kappa shape index (κ3) is 3.76. The van der Waals surface area contributed by atoms with Crippen LogP contribution in [0.1, 0.15) is 22.9 Å². The summed E-state index contributed by atoms with van der Waals surface area (Å²) in [5.74, 6) is 0.334. The van der Waals surface area contributed by atoms with Crippen LogP contribution in [0, 0.1) is 0 Å². The second-order valence-electron chi connectivity index (χ2n) is 8.81. The molecule has 6 nitrogen and oxygen atoms in total. The minimum Gasteiger partial charge on any atom is -0.482 e. The molecule has 1 atom stereocenters. The normalized spacial score (nSPS) is 17.2. The van der Waals surface area contributed by atoms with Gasteiger partial charge < -0.3 is 14.6 Å². The zero-order valence-electron chi connectivity index (χ0n) is 19.4. The number of nitrogens with one attached hydrogen (secondary N) is 1. The highest BCUT2D eigenvalue weighted by Crippen LogP contribution is 2.39. The lowest BCUT2D eigenvalue weighted by atomic mass is 9.92. The van der Waals surface area contributed by atoms with Crippen LogP contribution in [0.4, 0.5) is 5.69 Å². The molecule has 0 saturated heterocycles. The molecule has 3 aromatic carbocycles. The minimum atomic E-state index is -0.249. The smallest absolute Gasteiger partial charge is 0.265 e. The monoisotopic (exact) mass is 483 g/mol. The maximum atomic E-state index is 13.8. The fourth-order valence-corrected chi connectivity index (χ4v) is 5.60. The van der Waals surface area contributed by atoms with Crippen LogP contribution in [0.15, 0.2) is 77.7 Å². The van der Waals surface area contributed by atoms with Crippen molar-refractivity contribution in [1.29, 1.82) is 0 Å². The predicted molar refractivity (Wildman–Crippen MR) is 138 cm³/mol. The van der Waals surface area contributed by atoms with Crippen LogP contribution in [0.3, 0.4) is 0 Å². The summed E-state index contributed by atoms with van der Waals surface area (Å²) in [5, 5.41) is 1.21. The number of para-hydroxylation sites is 3. The maximum Gasteiger partial charge on any atom is 0.265 e. The van der Waals surface area contributed by atoms with Gasteiger partial charge in [0.15, 0.2) is 6.61 Å². The Bertz CT molecular complexity index is 1430. The number of thioether (sulfide) groups is 1. The quantitative estimate of drug-likeness (QED) is 0.424. The standard InChI is InChI=1S/C28H25N3O3S/c1-35-19-12-10-18(11-13-19)28-27-21(20-6-2-3-7-22(20)29-27)14-15-30(28)25(32)16-31-23-8-4-5-9-24(23)34-17-26(31)33/h2-13,28-29H,14-17H2,1H3. The number of nitrogens with zero attached hydrogens (tertiary/aromatic N) is 2. The average molecular weight is 484 g/mol. The zero-order valence-corrected chi connectivity index (χ0v) is 20.2. The van der Waals surface area contributed by atoms with Crippen molar-refractivity contribution in [3.63, 3.8) is 0 Å². The summed E-state index contributed by atoms with van der Waals surface area (Å²) in [4.78, 5) is 34.8. The van der Waals surface area contributed by atoms with E-state index in [-0.39, 0.29) is 31.0 Å². The highest BCUT2D eigenvalue weighted by atomic mass is 32.2. The lowest BCUT2D eigenvalue weighted by Gasteiger charge is -2.38. The number of anilines is 1. The Morgan fingerprint density at radius 2 is 1.83 bits per heavy atom. The number of carbonyl (C=O) groups is 2. The van der Waals surface area contributed by atoms with E-state index in [1.165, 1.54) is 15.8 Å². The van der Waals surface area contributed by atoms with Crippen LogP contribution in [0.5, 0.6) is 5.75 Å². The van der Waals surface area contributed by atoms with Crippen molar-refractivity contribution in [2.75, 3.05) is 30.9 Å². The van der Waals surface area contributed by atoms with Crippen LogP contribution in [0.25, 0.3) is 10.9 Å². The van der Waals surface area contributed by atoms with Crippen molar-refractivity contribution in [1.82, 2.24) is 9.88 Å². The van der Waals surface area contributed by atoms with Crippen molar-refractivity contribution in [2.45, 2.75) is 17.4 Å². The fraction of sp³-hybridized carbons (Fsp3) is 0.214. The van der Waals surface area contributed by atoms with Crippen molar-refractivity contribution in [2.24, 2.45) is 0 Å². The summed E-state index contributed by atoms with van der Waals surface area (Å²) in [7, 11) is 0. The van der Waals surface area contributed by atoms with Gasteiger partial charge in [0.1, 0.15) is 12.3 Å². The minimum absolute atomic E-state index is 0.0197. The number of hydrogen-bond acceptors (Lipinski definition) is 4. The van der Waals surface area contributed by atoms with E-state index in [4.69, 9.17) is 4.74 Å². The van der Waals surface area contributed by atoms with Gasteiger partial charge >= 0.3 is 0 Å². The zero-order chi connectivity index (χ0) is 23.9. The molecule has 1 unspecified atom stereocenters. The Labute approximate surface area is 207 Å². The lowest BCUT2D eigenvalue weighted by Crippen LogP contribution is -2.49. The van der Waals surface area contributed by atoms with Gasteiger partial charge in [-0.25, -0.2) is 0 Å². The van der Waals surface area contributed by atoms with E-state index in [1.807, 2.05) is 35.2 Å². The average Bonchev–Trinajstić information content (AvgIpc) is 3.28. The lowest BCUT2D eigenvalue weighted by molar-refractivity contribution is -0.133. The van der Waals surface area contributed by atoms with E-state index in [2.05, 4.69) is 53.7 Å². The molecule has 4 aromatic rings. The second kappa shape index (κ2) is 8.82. The SMILES string of the molecule is CSc1ccc(C2c3[nH]c4ccccc4c3CCN2C(=O)CN2C(=O)COc3ccccc32)cc1. The van der Waals surface area contributed by atoms with Gasteiger partial charge in [-0.15, -0.1) is 11.8 Å². The first-order chi connectivity index (χ1) is 17.1. The number of hydrogen-bond donors (Lipinski definition) is 1. The molecule has 0 spiro atoms. The molecule has 7 heteroatoms. The molecular weight excluding hydrogens is 458 g/mol. The molecule has 0 aliphatic carbocycles. The Hall–Kier alpha value is -3.71. The van der Waals surface area contributed by atoms with E-state index in [1.54, 1.807) is 16.7 Å². The maximum absolute atomic E-state index is 13.8. The summed E-state index contributed by atoms with van der Waals surface area (Å²) in [5.41, 5.74) is 5.08. The number of ether oxygens (including phenoxy) is 1. The summed E-state index contributed by atoms with van der Waals surface area (Å²) < 4.78 is 5.56. The molecular formula is C28H25N3O3S. The number of amides is 2. The van der Waals surface area contributed by atoms with Crippen LogP contribution in [0.2, 0.25) is 0 Å². The number of rotatable bonds is 4. The first-order valence-corrected chi connectivity index (χ1v) is 12.9. The van der Waals surface area contributed by atoms with Crippen LogP contribution < -0.4 is 9.64 Å². The van der Waals surface area contributed by atoms with Gasteiger partial charge in [0.2, 0.25) is 5.91 Å². The van der Waals surface area contributed by atoms with E-state index in [0.29, 0.717) is 18.0 Å². The van der Waals surface area contributed by atoms with Gasteiger partial charge in [0.25, 0.3) is 5.91 Å². The van der Waals surface area contributed by atoms with E-state index in [9.17, 15) is 9.59 Å². The summed E-state index contributed by atoms with van der Waals surface area (Å²) in [6.45, 7) is 0.507. The van der Waals surface area contributed by atoms with Gasteiger partial charge in [-0.2, -0.15) is 0 Å². The molecule has 35 heavy (non-hydrogen) atoms. The molecule has 2 amide bonds. The molecule has 2 aliphatic rings. The summed E-state index contributed by atoms with van der Waals surface area (Å²) in [6.07, 6.45) is 2.82. The van der Waals surface area contributed by atoms with E-state index in [0.717, 1.165) is 23.2 Å². The molecule has 6 rings (SSSR count). The molecule has 2 aliphatic heterocycles. The molecule has 3 heterocycles. The van der Waals surface area contributed by atoms with Crippen molar-refractivity contribution >= 4 is 40.2 Å². The molecule has 0 fully saturated rings. The van der Waals surface area contributed by atoms with Gasteiger partial charge in [0, 0.05) is 28.0 Å². The van der Waals surface area contributed by atoms with Crippen LogP contribution in [-0.4, -0.2) is 47.7 Å².